The summed E-state index contributed by atoms with van der Waals surface area (Å²) in [6.45, 7) is 2.49. The zero-order chi connectivity index (χ0) is 14.4. The van der Waals surface area contributed by atoms with E-state index in [-0.39, 0.29) is 0 Å². The number of rotatable bonds is 6. The van der Waals surface area contributed by atoms with Gasteiger partial charge in [0.25, 0.3) is 0 Å². The number of hydrogen-bond acceptors (Lipinski definition) is 3. The fourth-order valence-electron chi connectivity index (χ4n) is 2.14. The van der Waals surface area contributed by atoms with Crippen LogP contribution in [0.1, 0.15) is 17.5 Å². The molecule has 2 aromatic carbocycles. The van der Waals surface area contributed by atoms with Gasteiger partial charge in [-0.3, -0.25) is 0 Å². The molecule has 0 aliphatic carbocycles. The number of aryl methyl sites for hydroxylation is 2. The van der Waals surface area contributed by atoms with Crippen molar-refractivity contribution in [2.24, 2.45) is 0 Å². The molecule has 0 saturated carbocycles. The van der Waals surface area contributed by atoms with Gasteiger partial charge in [0.2, 0.25) is 0 Å². The predicted molar refractivity (Wildman–Crippen MR) is 81.3 cm³/mol. The smallest absolute Gasteiger partial charge is 0.488 e. The van der Waals surface area contributed by atoms with Gasteiger partial charge in [0, 0.05) is 0 Å². The summed E-state index contributed by atoms with van der Waals surface area (Å²) in [5, 5.41) is 18.3. The maximum atomic E-state index is 9.15. The molecule has 0 fully saturated rings. The van der Waals surface area contributed by atoms with Crippen LogP contribution in [0, 0.1) is 6.92 Å². The zero-order valence-electron chi connectivity index (χ0n) is 11.6. The van der Waals surface area contributed by atoms with Crippen LogP contribution in [-0.2, 0) is 6.42 Å². The molecule has 104 valence electrons. The van der Waals surface area contributed by atoms with Crippen LogP contribution in [-0.4, -0.2) is 23.8 Å². The second kappa shape index (κ2) is 7.13. The summed E-state index contributed by atoms with van der Waals surface area (Å²) in [6.07, 6.45) is 1.95. The van der Waals surface area contributed by atoms with Crippen LogP contribution in [0.15, 0.2) is 48.5 Å². The first-order valence-corrected chi connectivity index (χ1v) is 6.80. The van der Waals surface area contributed by atoms with E-state index in [1.165, 1.54) is 5.56 Å². The van der Waals surface area contributed by atoms with E-state index in [0.29, 0.717) is 12.1 Å². The van der Waals surface area contributed by atoms with Crippen molar-refractivity contribution in [1.29, 1.82) is 0 Å². The molecule has 0 heterocycles. The number of hydrogen-bond donors (Lipinski definition) is 2. The molecule has 0 bridgehead atoms. The summed E-state index contributed by atoms with van der Waals surface area (Å²) in [7, 11) is -1.43. The van der Waals surface area contributed by atoms with Gasteiger partial charge >= 0.3 is 7.12 Å². The molecular formula is C16H19BO3. The van der Waals surface area contributed by atoms with Crippen molar-refractivity contribution in [2.45, 2.75) is 19.8 Å². The first kappa shape index (κ1) is 14.6. The van der Waals surface area contributed by atoms with Gasteiger partial charge in [-0.05, 0) is 48.5 Å². The van der Waals surface area contributed by atoms with E-state index in [1.807, 2.05) is 31.2 Å². The predicted octanol–water partition coefficient (Wildman–Crippen LogP) is 1.69. The van der Waals surface area contributed by atoms with Gasteiger partial charge in [0.15, 0.2) is 0 Å². The molecule has 0 amide bonds. The molecule has 0 radical (unpaired) electrons. The Labute approximate surface area is 120 Å². The third kappa shape index (κ3) is 4.12. The molecule has 0 atom stereocenters. The second-order valence-electron chi connectivity index (χ2n) is 4.83. The molecular weight excluding hydrogens is 251 g/mol. The Bertz CT molecular complexity index is 541. The lowest BCUT2D eigenvalue weighted by Crippen LogP contribution is -2.31. The van der Waals surface area contributed by atoms with E-state index in [2.05, 4.69) is 12.1 Å². The van der Waals surface area contributed by atoms with Crippen molar-refractivity contribution in [3.63, 3.8) is 0 Å². The van der Waals surface area contributed by atoms with E-state index >= 15 is 0 Å². The molecule has 0 aromatic heterocycles. The third-order valence-corrected chi connectivity index (χ3v) is 3.24. The SMILES string of the molecule is Cc1cc(OCCCc2ccccc2)ccc1B(O)O. The Kier molecular flexibility index (Phi) is 5.21. The topological polar surface area (TPSA) is 49.7 Å². The second-order valence-corrected chi connectivity index (χ2v) is 4.83. The molecule has 0 unspecified atom stereocenters. The Morgan fingerprint density at radius 3 is 2.45 bits per heavy atom. The van der Waals surface area contributed by atoms with Gasteiger partial charge in [-0.15, -0.1) is 0 Å². The van der Waals surface area contributed by atoms with E-state index in [0.717, 1.165) is 24.2 Å². The van der Waals surface area contributed by atoms with Crippen molar-refractivity contribution in [3.8, 4) is 5.75 Å². The molecule has 0 saturated heterocycles. The van der Waals surface area contributed by atoms with Crippen molar-refractivity contribution in [1.82, 2.24) is 0 Å². The first-order valence-electron chi connectivity index (χ1n) is 6.80. The Balaban J connectivity index is 1.81. The maximum absolute atomic E-state index is 9.15. The fourth-order valence-corrected chi connectivity index (χ4v) is 2.14. The highest BCUT2D eigenvalue weighted by Gasteiger charge is 2.13. The summed E-state index contributed by atoms with van der Waals surface area (Å²) in [5.74, 6) is 0.764. The quantitative estimate of drug-likeness (QED) is 0.620. The van der Waals surface area contributed by atoms with Gasteiger partial charge < -0.3 is 14.8 Å². The highest BCUT2D eigenvalue weighted by molar-refractivity contribution is 6.59. The standard InChI is InChI=1S/C16H19BO3/c1-13-12-15(9-10-16(13)17(18)19)20-11-5-8-14-6-3-2-4-7-14/h2-4,6-7,9-10,12,18-19H,5,8,11H2,1H3. The van der Waals surface area contributed by atoms with Gasteiger partial charge in [-0.1, -0.05) is 36.4 Å². The van der Waals surface area contributed by atoms with E-state index in [4.69, 9.17) is 14.8 Å². The minimum Gasteiger partial charge on any atom is -0.494 e. The van der Waals surface area contributed by atoms with Crippen LogP contribution >= 0.6 is 0 Å². The Morgan fingerprint density at radius 1 is 1.05 bits per heavy atom. The van der Waals surface area contributed by atoms with Crippen LogP contribution in [0.2, 0.25) is 0 Å². The lowest BCUT2D eigenvalue weighted by Gasteiger charge is -2.09. The zero-order valence-corrected chi connectivity index (χ0v) is 11.6. The highest BCUT2D eigenvalue weighted by Crippen LogP contribution is 2.12. The lowest BCUT2D eigenvalue weighted by molar-refractivity contribution is 0.311. The minimum absolute atomic E-state index is 0.515. The summed E-state index contributed by atoms with van der Waals surface area (Å²) in [4.78, 5) is 0. The number of ether oxygens (including phenoxy) is 1. The monoisotopic (exact) mass is 270 g/mol. The highest BCUT2D eigenvalue weighted by atomic mass is 16.5. The average Bonchev–Trinajstić information content (AvgIpc) is 2.44. The van der Waals surface area contributed by atoms with Crippen LogP contribution in [0.5, 0.6) is 5.75 Å². The molecule has 2 aromatic rings. The van der Waals surface area contributed by atoms with Crippen LogP contribution in [0.4, 0.5) is 0 Å². The van der Waals surface area contributed by atoms with Gasteiger partial charge in [-0.2, -0.15) is 0 Å². The van der Waals surface area contributed by atoms with Gasteiger partial charge in [-0.25, -0.2) is 0 Å². The molecule has 0 aliphatic heterocycles. The third-order valence-electron chi connectivity index (χ3n) is 3.24. The van der Waals surface area contributed by atoms with E-state index < -0.39 is 7.12 Å². The van der Waals surface area contributed by atoms with E-state index in [1.54, 1.807) is 12.1 Å². The lowest BCUT2D eigenvalue weighted by atomic mass is 9.77. The van der Waals surface area contributed by atoms with E-state index in [9.17, 15) is 0 Å². The molecule has 2 rings (SSSR count). The summed E-state index contributed by atoms with van der Waals surface area (Å²) in [5.41, 5.74) is 2.65. The molecule has 0 spiro atoms. The molecule has 0 aliphatic rings. The molecule has 20 heavy (non-hydrogen) atoms. The Morgan fingerprint density at radius 2 is 1.80 bits per heavy atom. The largest absolute Gasteiger partial charge is 0.494 e. The Hall–Kier alpha value is -1.78. The maximum Gasteiger partial charge on any atom is 0.488 e. The van der Waals surface area contributed by atoms with Gasteiger partial charge in [0.05, 0.1) is 6.61 Å². The summed E-state index contributed by atoms with van der Waals surface area (Å²) < 4.78 is 5.68. The van der Waals surface area contributed by atoms with Crippen molar-refractivity contribution in [3.05, 3.63) is 59.7 Å². The summed E-state index contributed by atoms with van der Waals surface area (Å²) >= 11 is 0. The van der Waals surface area contributed by atoms with Crippen molar-refractivity contribution in [2.75, 3.05) is 6.61 Å². The molecule has 3 nitrogen and oxygen atoms in total. The number of benzene rings is 2. The van der Waals surface area contributed by atoms with Crippen LogP contribution in [0.3, 0.4) is 0 Å². The van der Waals surface area contributed by atoms with Crippen LogP contribution in [0.25, 0.3) is 0 Å². The van der Waals surface area contributed by atoms with Crippen LogP contribution < -0.4 is 10.2 Å². The fraction of sp³-hybridized carbons (Fsp3) is 0.250. The molecule has 2 N–H and O–H groups in total. The van der Waals surface area contributed by atoms with Gasteiger partial charge in [0.1, 0.15) is 5.75 Å². The minimum atomic E-state index is -1.43. The van der Waals surface area contributed by atoms with Crippen molar-refractivity contribution < 1.29 is 14.8 Å². The average molecular weight is 270 g/mol. The molecule has 4 heteroatoms. The normalized spacial score (nSPS) is 10.3. The summed E-state index contributed by atoms with van der Waals surface area (Å²) in [6, 6.07) is 15.6. The van der Waals surface area contributed by atoms with Crippen molar-refractivity contribution >= 4 is 12.6 Å². The first-order chi connectivity index (χ1) is 9.66.